The Morgan fingerprint density at radius 1 is 1.11 bits per heavy atom. The van der Waals surface area contributed by atoms with E-state index in [0.29, 0.717) is 0 Å². The van der Waals surface area contributed by atoms with Crippen molar-refractivity contribution >= 4 is 52.8 Å². The van der Waals surface area contributed by atoms with Crippen LogP contribution in [0.4, 0.5) is 0 Å². The summed E-state index contributed by atoms with van der Waals surface area (Å²) in [6, 6.07) is 0. The summed E-state index contributed by atoms with van der Waals surface area (Å²) in [6.45, 7) is 7.51. The van der Waals surface area contributed by atoms with Gasteiger partial charge in [-0.3, -0.25) is 0 Å². The number of halogens is 2. The van der Waals surface area contributed by atoms with E-state index in [1.165, 1.54) is 0 Å². The Labute approximate surface area is 83.1 Å². The third-order valence-electron chi connectivity index (χ3n) is 0.517. The van der Waals surface area contributed by atoms with Gasteiger partial charge in [0.1, 0.15) is 0 Å². The summed E-state index contributed by atoms with van der Waals surface area (Å²) >= 11 is 6.73. The second kappa shape index (κ2) is 5.97. The molecule has 0 atom stereocenters. The molecule has 0 aromatic carbocycles. The Bertz CT molecular complexity index is 106. The Balaban J connectivity index is 3.10. The van der Waals surface area contributed by atoms with Crippen molar-refractivity contribution in [2.75, 3.05) is 0 Å². The van der Waals surface area contributed by atoms with Crippen LogP contribution in [0, 0.1) is 0 Å². The summed E-state index contributed by atoms with van der Waals surface area (Å²) in [7, 11) is 0. The van der Waals surface area contributed by atoms with Gasteiger partial charge in [-0.15, -0.1) is 0 Å². The van der Waals surface area contributed by atoms with Crippen molar-refractivity contribution in [3.05, 3.63) is 22.1 Å². The molecular formula is C6H8Br2Te. The van der Waals surface area contributed by atoms with E-state index < -0.39 is 0 Å². The Morgan fingerprint density at radius 3 is 1.67 bits per heavy atom. The third-order valence-corrected chi connectivity index (χ3v) is 6.54. The van der Waals surface area contributed by atoms with Crippen LogP contribution in [-0.4, -0.2) is 20.9 Å². The van der Waals surface area contributed by atoms with Gasteiger partial charge in [-0.1, -0.05) is 0 Å². The molecule has 0 bridgehead atoms. The molecule has 3 heteroatoms. The van der Waals surface area contributed by atoms with Crippen LogP contribution < -0.4 is 0 Å². The first kappa shape index (κ1) is 10.2. The van der Waals surface area contributed by atoms with Gasteiger partial charge in [-0.25, -0.2) is 0 Å². The molecule has 0 unspecified atom stereocenters. The SMILES string of the molecule is C=C(Br)C[Te]CC(=C)Br. The van der Waals surface area contributed by atoms with Gasteiger partial charge in [-0.05, 0) is 0 Å². The van der Waals surface area contributed by atoms with Crippen molar-refractivity contribution in [3.63, 3.8) is 0 Å². The molecule has 0 amide bonds. The number of rotatable bonds is 4. The van der Waals surface area contributed by atoms with Gasteiger partial charge in [-0.2, -0.15) is 0 Å². The van der Waals surface area contributed by atoms with E-state index in [9.17, 15) is 0 Å². The van der Waals surface area contributed by atoms with Crippen molar-refractivity contribution in [2.45, 2.75) is 8.94 Å². The minimum absolute atomic E-state index is 0.0937. The Morgan fingerprint density at radius 2 is 1.44 bits per heavy atom. The standard InChI is InChI=1S/C6H8Br2Te/c1-5(7)3-9-4-6(2)8/h1-4H2. The summed E-state index contributed by atoms with van der Waals surface area (Å²) in [4.78, 5) is 0. The van der Waals surface area contributed by atoms with Crippen LogP contribution in [0.25, 0.3) is 0 Å². The first-order valence-electron chi connectivity index (χ1n) is 2.37. The van der Waals surface area contributed by atoms with Gasteiger partial charge in [0.05, 0.1) is 0 Å². The van der Waals surface area contributed by atoms with Gasteiger partial charge in [0, 0.05) is 0 Å². The maximum absolute atomic E-state index is 3.76. The van der Waals surface area contributed by atoms with E-state index in [1.54, 1.807) is 0 Å². The molecule has 0 heterocycles. The van der Waals surface area contributed by atoms with Crippen LogP contribution in [0.3, 0.4) is 0 Å². The summed E-state index contributed by atoms with van der Waals surface area (Å²) in [6.07, 6.45) is 0. The zero-order valence-corrected chi connectivity index (χ0v) is 10.5. The Kier molecular flexibility index (Phi) is 6.79. The first-order chi connectivity index (χ1) is 4.13. The number of hydrogen-bond acceptors (Lipinski definition) is 0. The molecule has 0 nitrogen and oxygen atoms in total. The van der Waals surface area contributed by atoms with Crippen LogP contribution in [0.15, 0.2) is 22.1 Å². The van der Waals surface area contributed by atoms with E-state index in [-0.39, 0.29) is 20.9 Å². The molecule has 0 N–H and O–H groups in total. The number of hydrogen-bond donors (Lipinski definition) is 0. The predicted octanol–water partition coefficient (Wildman–Crippen LogP) is 3.34. The summed E-state index contributed by atoms with van der Waals surface area (Å²) < 4.78 is 4.57. The zero-order chi connectivity index (χ0) is 7.28. The van der Waals surface area contributed by atoms with Crippen LogP contribution >= 0.6 is 31.9 Å². The zero-order valence-electron chi connectivity index (χ0n) is 4.99. The van der Waals surface area contributed by atoms with Gasteiger partial charge < -0.3 is 0 Å². The van der Waals surface area contributed by atoms with Gasteiger partial charge in [0.15, 0.2) is 0 Å². The topological polar surface area (TPSA) is 0 Å². The van der Waals surface area contributed by atoms with E-state index in [4.69, 9.17) is 0 Å². The fourth-order valence-corrected chi connectivity index (χ4v) is 4.00. The molecule has 0 fully saturated rings. The van der Waals surface area contributed by atoms with E-state index in [0.717, 1.165) is 17.9 Å². The normalized spacial score (nSPS) is 9.11. The molecule has 0 aliphatic carbocycles. The van der Waals surface area contributed by atoms with Gasteiger partial charge in [0.2, 0.25) is 0 Å². The van der Waals surface area contributed by atoms with Crippen LogP contribution in [0.2, 0.25) is 8.94 Å². The minimum atomic E-state index is 0.0937. The van der Waals surface area contributed by atoms with Crippen molar-refractivity contribution in [1.82, 2.24) is 0 Å². The molecule has 0 saturated heterocycles. The molecule has 52 valence electrons. The molecule has 0 spiro atoms. The monoisotopic (exact) mass is 368 g/mol. The number of allylic oxidation sites excluding steroid dienone is 2. The molecule has 0 aromatic heterocycles. The maximum atomic E-state index is 3.76. The molecule has 0 aliphatic rings. The summed E-state index contributed by atoms with van der Waals surface area (Å²) in [5.74, 6) is 0. The average molecular weight is 368 g/mol. The summed E-state index contributed by atoms with van der Waals surface area (Å²) in [5.41, 5.74) is 0. The van der Waals surface area contributed by atoms with E-state index >= 15 is 0 Å². The second-order valence-corrected chi connectivity index (χ2v) is 6.58. The molecule has 0 radical (unpaired) electrons. The first-order valence-corrected chi connectivity index (χ1v) is 7.25. The molecule has 0 rings (SSSR count). The molecule has 9 heavy (non-hydrogen) atoms. The van der Waals surface area contributed by atoms with Gasteiger partial charge in [0.25, 0.3) is 0 Å². The quantitative estimate of drug-likeness (QED) is 0.669. The predicted molar refractivity (Wildman–Crippen MR) is 51.5 cm³/mol. The van der Waals surface area contributed by atoms with Crippen molar-refractivity contribution in [2.24, 2.45) is 0 Å². The molecule has 0 aliphatic heterocycles. The third kappa shape index (κ3) is 9.23. The van der Waals surface area contributed by atoms with Crippen LogP contribution in [-0.2, 0) is 0 Å². The molecule has 0 saturated carbocycles. The second-order valence-electron chi connectivity index (χ2n) is 1.53. The van der Waals surface area contributed by atoms with Crippen molar-refractivity contribution in [1.29, 1.82) is 0 Å². The molecule has 0 aromatic rings. The fraction of sp³-hybridized carbons (Fsp3) is 0.333. The van der Waals surface area contributed by atoms with Crippen molar-refractivity contribution in [3.8, 4) is 0 Å². The van der Waals surface area contributed by atoms with E-state index in [2.05, 4.69) is 45.0 Å². The van der Waals surface area contributed by atoms with Crippen LogP contribution in [0.5, 0.6) is 0 Å². The average Bonchev–Trinajstić information content (AvgIpc) is 1.63. The Hall–Kier alpha value is 1.23. The van der Waals surface area contributed by atoms with Crippen LogP contribution in [0.1, 0.15) is 0 Å². The van der Waals surface area contributed by atoms with Crippen molar-refractivity contribution < 1.29 is 0 Å². The van der Waals surface area contributed by atoms with E-state index in [1.807, 2.05) is 0 Å². The fourth-order valence-electron chi connectivity index (χ4n) is 0.273. The summed E-state index contributed by atoms with van der Waals surface area (Å²) in [5, 5.41) is 0. The molecular weight excluding hydrogens is 359 g/mol. The van der Waals surface area contributed by atoms with Gasteiger partial charge >= 0.3 is 83.8 Å².